The first-order chi connectivity index (χ1) is 10.7. The van der Waals surface area contributed by atoms with Gasteiger partial charge in [-0.2, -0.15) is 0 Å². The Balaban J connectivity index is 1.98. The zero-order valence-electron chi connectivity index (χ0n) is 12.5. The first kappa shape index (κ1) is 15.8. The molecule has 0 spiro atoms. The lowest BCUT2D eigenvalue weighted by Gasteiger charge is -2.11. The molecule has 0 aromatic heterocycles. The van der Waals surface area contributed by atoms with Crippen LogP contribution in [0.3, 0.4) is 0 Å². The molecule has 2 rings (SSSR count). The van der Waals surface area contributed by atoms with Crippen molar-refractivity contribution in [1.82, 2.24) is 0 Å². The quantitative estimate of drug-likeness (QED) is 0.600. The molecule has 0 radical (unpaired) electrons. The van der Waals surface area contributed by atoms with E-state index in [2.05, 4.69) is 24.4 Å². The summed E-state index contributed by atoms with van der Waals surface area (Å²) in [6.45, 7) is 3.58. The van der Waals surface area contributed by atoms with Gasteiger partial charge in [-0.25, -0.2) is 0 Å². The van der Waals surface area contributed by atoms with Crippen molar-refractivity contribution in [3.63, 3.8) is 0 Å². The van der Waals surface area contributed by atoms with Crippen molar-refractivity contribution in [2.24, 2.45) is 5.92 Å². The maximum absolute atomic E-state index is 12.5. The van der Waals surface area contributed by atoms with Crippen LogP contribution in [0.5, 0.6) is 5.75 Å². The minimum atomic E-state index is -0.217. The van der Waals surface area contributed by atoms with Crippen molar-refractivity contribution in [1.29, 1.82) is 0 Å². The lowest BCUT2D eigenvalue weighted by molar-refractivity contribution is 0.0939. The Kier molecular flexibility index (Phi) is 5.76. The van der Waals surface area contributed by atoms with Crippen LogP contribution in [-0.2, 0) is 6.42 Å². The molecule has 22 heavy (non-hydrogen) atoms. The summed E-state index contributed by atoms with van der Waals surface area (Å²) in [7, 11) is 0. The lowest BCUT2D eigenvalue weighted by Crippen LogP contribution is -2.12. The third-order valence-corrected chi connectivity index (χ3v) is 3.63. The smallest absolute Gasteiger partial charge is 0.170 e. The first-order valence-electron chi connectivity index (χ1n) is 7.44. The van der Waals surface area contributed by atoms with Crippen LogP contribution in [0, 0.1) is 5.92 Å². The molecule has 0 amide bonds. The minimum Gasteiger partial charge on any atom is -0.508 e. The molecule has 0 aliphatic carbocycles. The number of Topliss-reactive ketones (excluding diaryl/α,β-unsaturated/α-hetero) is 1. The summed E-state index contributed by atoms with van der Waals surface area (Å²) in [6, 6.07) is 16.6. The minimum absolute atomic E-state index is 0.0456. The fourth-order valence-electron chi connectivity index (χ4n) is 2.44. The number of allylic oxidation sites excluding steroid dienone is 1. The second-order valence-electron chi connectivity index (χ2n) is 5.27. The predicted molar refractivity (Wildman–Crippen MR) is 89.0 cm³/mol. The number of aromatic hydroxyl groups is 1. The molecule has 0 fully saturated rings. The van der Waals surface area contributed by atoms with E-state index in [1.54, 1.807) is 18.2 Å². The normalized spacial score (nSPS) is 11.5. The molecule has 1 N–H and O–H groups in total. The molecule has 0 heterocycles. The van der Waals surface area contributed by atoms with E-state index in [0.717, 1.165) is 19.3 Å². The molecule has 0 aliphatic rings. The molecule has 1 unspecified atom stereocenters. The summed E-state index contributed by atoms with van der Waals surface area (Å²) < 4.78 is 0. The second kappa shape index (κ2) is 8.02. The maximum atomic E-state index is 12.5. The SMILES string of the molecule is C=C=CC(CCCc1ccccc1)C(=O)c1ccc(O)cc1. The fourth-order valence-corrected chi connectivity index (χ4v) is 2.44. The molecule has 0 saturated heterocycles. The van der Waals surface area contributed by atoms with E-state index in [1.807, 2.05) is 18.2 Å². The number of ketones is 1. The van der Waals surface area contributed by atoms with Crippen molar-refractivity contribution in [2.75, 3.05) is 0 Å². The van der Waals surface area contributed by atoms with Gasteiger partial charge >= 0.3 is 0 Å². The van der Waals surface area contributed by atoms with E-state index in [0.29, 0.717) is 5.56 Å². The van der Waals surface area contributed by atoms with E-state index in [-0.39, 0.29) is 17.5 Å². The standard InChI is InChI=1S/C20H20O2/c1-2-7-17(11-6-10-16-8-4-3-5-9-16)20(22)18-12-14-19(21)15-13-18/h3-5,7-9,12-15,17,21H,1,6,10-11H2. The molecule has 2 aromatic carbocycles. The number of phenols is 1. The van der Waals surface area contributed by atoms with Crippen molar-refractivity contribution in [3.05, 3.63) is 84.1 Å². The average molecular weight is 292 g/mol. The number of phenolic OH excluding ortho intramolecular Hbond substituents is 1. The second-order valence-corrected chi connectivity index (χ2v) is 5.27. The summed E-state index contributed by atoms with van der Waals surface area (Å²) in [5.41, 5.74) is 4.62. The molecule has 0 saturated carbocycles. The summed E-state index contributed by atoms with van der Waals surface area (Å²) in [5, 5.41) is 9.31. The highest BCUT2D eigenvalue weighted by atomic mass is 16.3. The van der Waals surface area contributed by atoms with Gasteiger partial charge in [-0.15, -0.1) is 5.73 Å². The van der Waals surface area contributed by atoms with Crippen LogP contribution in [0.4, 0.5) is 0 Å². The Morgan fingerprint density at radius 1 is 1.14 bits per heavy atom. The topological polar surface area (TPSA) is 37.3 Å². The Morgan fingerprint density at radius 2 is 1.82 bits per heavy atom. The van der Waals surface area contributed by atoms with Crippen LogP contribution in [0.2, 0.25) is 0 Å². The molecular weight excluding hydrogens is 272 g/mol. The van der Waals surface area contributed by atoms with E-state index in [9.17, 15) is 9.90 Å². The number of carbonyl (C=O) groups excluding carboxylic acids is 1. The average Bonchev–Trinajstić information content (AvgIpc) is 2.55. The molecule has 1 atom stereocenters. The van der Waals surface area contributed by atoms with Crippen LogP contribution in [0.1, 0.15) is 28.8 Å². The summed E-state index contributed by atoms with van der Waals surface area (Å²) in [5.74, 6) is -0.00796. The van der Waals surface area contributed by atoms with Crippen LogP contribution in [0.25, 0.3) is 0 Å². The van der Waals surface area contributed by atoms with Crippen molar-refractivity contribution in [3.8, 4) is 5.75 Å². The predicted octanol–water partition coefficient (Wildman–Crippen LogP) is 4.56. The number of aryl methyl sites for hydroxylation is 1. The molecule has 112 valence electrons. The highest BCUT2D eigenvalue weighted by Crippen LogP contribution is 2.19. The Labute approximate surface area is 131 Å². The highest BCUT2D eigenvalue weighted by molar-refractivity contribution is 5.98. The number of hydrogen-bond acceptors (Lipinski definition) is 2. The van der Waals surface area contributed by atoms with Crippen LogP contribution >= 0.6 is 0 Å². The van der Waals surface area contributed by atoms with Crippen LogP contribution in [0.15, 0.2) is 73.0 Å². The third kappa shape index (κ3) is 4.47. The van der Waals surface area contributed by atoms with Crippen LogP contribution < -0.4 is 0 Å². The summed E-state index contributed by atoms with van der Waals surface area (Å²) in [6.07, 6.45) is 4.37. The number of carbonyl (C=O) groups is 1. The van der Waals surface area contributed by atoms with E-state index in [4.69, 9.17) is 0 Å². The van der Waals surface area contributed by atoms with Crippen molar-refractivity contribution >= 4 is 5.78 Å². The van der Waals surface area contributed by atoms with Gasteiger partial charge < -0.3 is 5.11 Å². The highest BCUT2D eigenvalue weighted by Gasteiger charge is 2.17. The van der Waals surface area contributed by atoms with Gasteiger partial charge in [0.15, 0.2) is 5.78 Å². The summed E-state index contributed by atoms with van der Waals surface area (Å²) >= 11 is 0. The molecule has 2 nitrogen and oxygen atoms in total. The van der Waals surface area contributed by atoms with Gasteiger partial charge in [-0.05, 0) is 55.2 Å². The van der Waals surface area contributed by atoms with E-state index < -0.39 is 0 Å². The molecular formula is C20H20O2. The van der Waals surface area contributed by atoms with Gasteiger partial charge in [0.2, 0.25) is 0 Å². The lowest BCUT2D eigenvalue weighted by atomic mass is 9.91. The molecule has 2 heteroatoms. The van der Waals surface area contributed by atoms with Crippen molar-refractivity contribution in [2.45, 2.75) is 19.3 Å². The zero-order valence-corrected chi connectivity index (χ0v) is 12.5. The largest absolute Gasteiger partial charge is 0.508 e. The third-order valence-electron chi connectivity index (χ3n) is 3.63. The number of rotatable bonds is 7. The van der Waals surface area contributed by atoms with Gasteiger partial charge in [-0.1, -0.05) is 36.9 Å². The van der Waals surface area contributed by atoms with Gasteiger partial charge in [-0.3, -0.25) is 4.79 Å². The van der Waals surface area contributed by atoms with E-state index in [1.165, 1.54) is 17.7 Å². The number of benzene rings is 2. The number of hydrogen-bond donors (Lipinski definition) is 1. The van der Waals surface area contributed by atoms with Gasteiger partial charge in [0, 0.05) is 11.5 Å². The Bertz CT molecular complexity index is 650. The molecule has 0 aliphatic heterocycles. The monoisotopic (exact) mass is 292 g/mol. The first-order valence-corrected chi connectivity index (χ1v) is 7.44. The Morgan fingerprint density at radius 3 is 2.45 bits per heavy atom. The van der Waals surface area contributed by atoms with Gasteiger partial charge in [0.25, 0.3) is 0 Å². The fraction of sp³-hybridized carbons (Fsp3) is 0.200. The zero-order chi connectivity index (χ0) is 15.8. The van der Waals surface area contributed by atoms with E-state index >= 15 is 0 Å². The molecule has 2 aromatic rings. The Hall–Kier alpha value is -2.57. The molecule has 0 bridgehead atoms. The van der Waals surface area contributed by atoms with Gasteiger partial charge in [0.1, 0.15) is 5.75 Å². The maximum Gasteiger partial charge on any atom is 0.170 e. The van der Waals surface area contributed by atoms with Gasteiger partial charge in [0.05, 0.1) is 0 Å². The van der Waals surface area contributed by atoms with Crippen LogP contribution in [-0.4, -0.2) is 10.9 Å². The summed E-state index contributed by atoms with van der Waals surface area (Å²) in [4.78, 5) is 12.5. The van der Waals surface area contributed by atoms with Crippen molar-refractivity contribution < 1.29 is 9.90 Å².